The number of aryl methyl sites for hydroxylation is 3. The van der Waals surface area contributed by atoms with E-state index in [1.54, 1.807) is 12.1 Å². The molecule has 0 bridgehead atoms. The number of carbonyl (C=O) groups is 2. The zero-order chi connectivity index (χ0) is 21.4. The van der Waals surface area contributed by atoms with E-state index in [9.17, 15) is 9.59 Å². The Morgan fingerprint density at radius 3 is 1.80 bits per heavy atom. The summed E-state index contributed by atoms with van der Waals surface area (Å²) < 4.78 is 12.8. The predicted molar refractivity (Wildman–Crippen MR) is 115 cm³/mol. The minimum Gasteiger partial charge on any atom is -0.465 e. The first-order valence-electron chi connectivity index (χ1n) is 9.63. The fourth-order valence-corrected chi connectivity index (χ4v) is 3.94. The summed E-state index contributed by atoms with van der Waals surface area (Å²) in [6, 6.07) is 18.9. The molecule has 4 rings (SSSR count). The SMILES string of the molecule is COC(=O)c1cc(C)c(OC(=O)c2c3ccccc3[n+](C)c3ccccc23)c(C)c1. The topological polar surface area (TPSA) is 56.5 Å². The number of fused-ring (bicyclic) bond motifs is 2. The third-order valence-electron chi connectivity index (χ3n) is 5.35. The summed E-state index contributed by atoms with van der Waals surface area (Å²) in [5, 5.41) is 1.65. The Morgan fingerprint density at radius 1 is 0.800 bits per heavy atom. The van der Waals surface area contributed by atoms with Crippen LogP contribution >= 0.6 is 0 Å². The average molecular weight is 400 g/mol. The minimum absolute atomic E-state index is 0.424. The van der Waals surface area contributed by atoms with Crippen molar-refractivity contribution in [3.63, 3.8) is 0 Å². The van der Waals surface area contributed by atoms with Crippen molar-refractivity contribution < 1.29 is 23.6 Å². The van der Waals surface area contributed by atoms with E-state index < -0.39 is 11.9 Å². The van der Waals surface area contributed by atoms with Gasteiger partial charge in [-0.05, 0) is 49.2 Å². The lowest BCUT2D eigenvalue weighted by molar-refractivity contribution is -0.617. The number of benzene rings is 3. The molecule has 0 saturated carbocycles. The van der Waals surface area contributed by atoms with E-state index in [0.29, 0.717) is 28.0 Å². The number of esters is 2. The molecule has 0 aliphatic rings. The fourth-order valence-electron chi connectivity index (χ4n) is 3.94. The van der Waals surface area contributed by atoms with E-state index in [0.717, 1.165) is 21.8 Å². The number of aromatic nitrogens is 1. The predicted octanol–water partition coefficient (Wildman–Crippen LogP) is 4.44. The van der Waals surface area contributed by atoms with Crippen LogP contribution in [0.1, 0.15) is 31.8 Å². The van der Waals surface area contributed by atoms with Crippen LogP contribution in [0.3, 0.4) is 0 Å². The molecule has 0 aliphatic heterocycles. The number of pyridine rings is 1. The standard InChI is InChI=1S/C25H22NO4/c1-15-13-17(24(27)29-4)14-16(2)23(15)30-25(28)22-18-9-5-7-11-20(18)26(3)21-12-8-6-10-19(21)22/h5-14H,1-4H3/q+1. The molecule has 3 aromatic carbocycles. The third-order valence-corrected chi connectivity index (χ3v) is 5.35. The molecule has 5 nitrogen and oxygen atoms in total. The monoisotopic (exact) mass is 400 g/mol. The Balaban J connectivity index is 1.87. The van der Waals surface area contributed by atoms with E-state index in [2.05, 4.69) is 4.57 Å². The van der Waals surface area contributed by atoms with Gasteiger partial charge in [0.05, 0.1) is 29.0 Å². The second kappa shape index (κ2) is 7.59. The molecular formula is C25H22NO4+. The van der Waals surface area contributed by atoms with Crippen molar-refractivity contribution in [2.75, 3.05) is 7.11 Å². The Kier molecular flexibility index (Phi) is 4.96. The van der Waals surface area contributed by atoms with E-state index in [4.69, 9.17) is 9.47 Å². The van der Waals surface area contributed by atoms with Crippen molar-refractivity contribution in [3.8, 4) is 5.75 Å². The largest absolute Gasteiger partial charge is 0.465 e. The van der Waals surface area contributed by atoms with Crippen LogP contribution in [0.5, 0.6) is 5.75 Å². The molecule has 0 saturated heterocycles. The summed E-state index contributed by atoms with van der Waals surface area (Å²) in [4.78, 5) is 25.3. The van der Waals surface area contributed by atoms with Crippen LogP contribution in [-0.2, 0) is 11.8 Å². The molecule has 30 heavy (non-hydrogen) atoms. The normalized spacial score (nSPS) is 10.9. The van der Waals surface area contributed by atoms with Crippen molar-refractivity contribution in [1.29, 1.82) is 0 Å². The Morgan fingerprint density at radius 2 is 1.30 bits per heavy atom. The van der Waals surface area contributed by atoms with Gasteiger partial charge < -0.3 is 9.47 Å². The fraction of sp³-hybridized carbons (Fsp3) is 0.160. The van der Waals surface area contributed by atoms with Crippen molar-refractivity contribution in [2.45, 2.75) is 13.8 Å². The summed E-state index contributed by atoms with van der Waals surface area (Å²) >= 11 is 0. The summed E-state index contributed by atoms with van der Waals surface area (Å²) in [5.41, 5.74) is 4.22. The van der Waals surface area contributed by atoms with E-state index in [-0.39, 0.29) is 0 Å². The maximum Gasteiger partial charge on any atom is 0.345 e. The van der Waals surface area contributed by atoms with E-state index in [1.165, 1.54) is 7.11 Å². The van der Waals surface area contributed by atoms with E-state index in [1.807, 2.05) is 69.4 Å². The molecule has 0 aliphatic carbocycles. The number of hydrogen-bond donors (Lipinski definition) is 0. The highest BCUT2D eigenvalue weighted by Gasteiger charge is 2.24. The highest BCUT2D eigenvalue weighted by Crippen LogP contribution is 2.29. The molecule has 0 amide bonds. The zero-order valence-electron chi connectivity index (χ0n) is 17.4. The van der Waals surface area contributed by atoms with Gasteiger partial charge in [0.25, 0.3) is 0 Å². The molecule has 0 radical (unpaired) electrons. The minimum atomic E-state index is -0.431. The molecule has 0 fully saturated rings. The second-order valence-electron chi connectivity index (χ2n) is 7.29. The molecule has 0 N–H and O–H groups in total. The quantitative estimate of drug-likeness (QED) is 0.221. The number of carbonyl (C=O) groups excluding carboxylic acids is 2. The molecule has 0 spiro atoms. The number of para-hydroxylation sites is 2. The van der Waals surface area contributed by atoms with Crippen LogP contribution < -0.4 is 9.30 Å². The summed E-state index contributed by atoms with van der Waals surface area (Å²) in [5.74, 6) is -0.402. The number of nitrogens with zero attached hydrogens (tertiary/aromatic N) is 1. The number of rotatable bonds is 3. The first kappa shape index (κ1) is 19.6. The molecule has 1 aromatic heterocycles. The van der Waals surface area contributed by atoms with Gasteiger partial charge in [-0.1, -0.05) is 24.3 Å². The summed E-state index contributed by atoms with van der Waals surface area (Å²) in [6.45, 7) is 3.62. The van der Waals surface area contributed by atoms with Crippen LogP contribution in [0.4, 0.5) is 0 Å². The van der Waals surface area contributed by atoms with Crippen molar-refractivity contribution in [1.82, 2.24) is 0 Å². The lowest BCUT2D eigenvalue weighted by Crippen LogP contribution is -2.31. The maximum absolute atomic E-state index is 13.4. The molecular weight excluding hydrogens is 378 g/mol. The lowest BCUT2D eigenvalue weighted by Gasteiger charge is -2.14. The molecule has 150 valence electrons. The second-order valence-corrected chi connectivity index (χ2v) is 7.29. The van der Waals surface area contributed by atoms with Crippen LogP contribution in [0.2, 0.25) is 0 Å². The number of ether oxygens (including phenoxy) is 2. The highest BCUT2D eigenvalue weighted by molar-refractivity contribution is 6.13. The molecule has 5 heteroatoms. The Bertz CT molecular complexity index is 1240. The van der Waals surface area contributed by atoms with E-state index >= 15 is 0 Å². The Labute approximate surface area is 174 Å². The molecule has 0 unspecified atom stereocenters. The average Bonchev–Trinajstić information content (AvgIpc) is 2.75. The molecule has 4 aromatic rings. The number of methoxy groups -OCH3 is 1. The van der Waals surface area contributed by atoms with Gasteiger partial charge in [0, 0.05) is 12.1 Å². The van der Waals surface area contributed by atoms with Gasteiger partial charge in [0.15, 0.2) is 0 Å². The zero-order valence-corrected chi connectivity index (χ0v) is 17.4. The highest BCUT2D eigenvalue weighted by atomic mass is 16.5. The van der Waals surface area contributed by atoms with Gasteiger partial charge in [-0.2, -0.15) is 4.57 Å². The van der Waals surface area contributed by atoms with Crippen LogP contribution in [0.15, 0.2) is 60.7 Å². The van der Waals surface area contributed by atoms with Crippen molar-refractivity contribution >= 4 is 33.7 Å². The van der Waals surface area contributed by atoms with Gasteiger partial charge >= 0.3 is 11.9 Å². The van der Waals surface area contributed by atoms with Gasteiger partial charge in [0.2, 0.25) is 11.0 Å². The van der Waals surface area contributed by atoms with Gasteiger partial charge in [-0.15, -0.1) is 0 Å². The van der Waals surface area contributed by atoms with Crippen molar-refractivity contribution in [2.24, 2.45) is 7.05 Å². The Hall–Kier alpha value is -3.73. The van der Waals surface area contributed by atoms with Crippen LogP contribution in [0, 0.1) is 13.8 Å². The summed E-state index contributed by atoms with van der Waals surface area (Å²) in [6.07, 6.45) is 0. The third kappa shape index (κ3) is 3.18. The smallest absolute Gasteiger partial charge is 0.345 e. The molecule has 0 atom stereocenters. The van der Waals surface area contributed by atoms with Gasteiger partial charge in [-0.3, -0.25) is 0 Å². The van der Waals surface area contributed by atoms with Crippen LogP contribution in [-0.4, -0.2) is 19.0 Å². The maximum atomic E-state index is 13.4. The number of hydrogen-bond acceptors (Lipinski definition) is 4. The van der Waals surface area contributed by atoms with Crippen LogP contribution in [0.25, 0.3) is 21.8 Å². The summed E-state index contributed by atoms with van der Waals surface area (Å²) in [7, 11) is 3.33. The lowest BCUT2D eigenvalue weighted by atomic mass is 10.0. The van der Waals surface area contributed by atoms with Gasteiger partial charge in [-0.25, -0.2) is 9.59 Å². The first-order chi connectivity index (χ1) is 14.4. The molecule has 1 heterocycles. The van der Waals surface area contributed by atoms with Gasteiger partial charge in [0.1, 0.15) is 12.8 Å². The first-order valence-corrected chi connectivity index (χ1v) is 9.63. The van der Waals surface area contributed by atoms with Crippen molar-refractivity contribution in [3.05, 3.63) is 82.9 Å².